The normalized spacial score (nSPS) is 12.4. The highest BCUT2D eigenvalue weighted by molar-refractivity contribution is 6.31. The van der Waals surface area contributed by atoms with Crippen molar-refractivity contribution in [2.75, 3.05) is 0 Å². The third-order valence-corrected chi connectivity index (χ3v) is 3.30. The lowest BCUT2D eigenvalue weighted by atomic mass is 9.97. The Kier molecular flexibility index (Phi) is 4.34. The molecule has 0 aliphatic carbocycles. The molecule has 0 bridgehead atoms. The van der Waals surface area contributed by atoms with Gasteiger partial charge in [-0.3, -0.25) is 4.98 Å². The van der Waals surface area contributed by atoms with E-state index in [9.17, 15) is 0 Å². The molecular weight excluding hydrogens is 244 g/mol. The number of nitrogens with zero attached hydrogens (tertiary/aromatic N) is 1. The predicted octanol–water partition coefficient (Wildman–Crippen LogP) is 3.74. The predicted molar refractivity (Wildman–Crippen MR) is 75.7 cm³/mol. The molecule has 0 saturated carbocycles. The van der Waals surface area contributed by atoms with Crippen molar-refractivity contribution < 1.29 is 0 Å². The number of halogens is 1. The molecule has 0 spiro atoms. The van der Waals surface area contributed by atoms with Crippen LogP contribution in [-0.4, -0.2) is 4.98 Å². The third kappa shape index (κ3) is 2.89. The molecule has 94 valence electrons. The number of hydrogen-bond donors (Lipinski definition) is 1. The van der Waals surface area contributed by atoms with Gasteiger partial charge in [-0.2, -0.15) is 0 Å². The van der Waals surface area contributed by atoms with E-state index in [1.807, 2.05) is 12.1 Å². The Balaban J connectivity index is 2.31. The van der Waals surface area contributed by atoms with Gasteiger partial charge in [0.15, 0.2) is 0 Å². The lowest BCUT2D eigenvalue weighted by Gasteiger charge is -2.14. The zero-order valence-electron chi connectivity index (χ0n) is 10.4. The molecule has 2 nitrogen and oxygen atoms in total. The van der Waals surface area contributed by atoms with E-state index in [1.165, 1.54) is 5.56 Å². The van der Waals surface area contributed by atoms with E-state index >= 15 is 0 Å². The Morgan fingerprint density at radius 1 is 1.33 bits per heavy atom. The first kappa shape index (κ1) is 13.1. The number of benzene rings is 1. The topological polar surface area (TPSA) is 38.9 Å². The van der Waals surface area contributed by atoms with E-state index in [0.29, 0.717) is 5.02 Å². The van der Waals surface area contributed by atoms with Crippen molar-refractivity contribution in [3.8, 4) is 0 Å². The van der Waals surface area contributed by atoms with Crippen LogP contribution in [0.4, 0.5) is 0 Å². The highest BCUT2D eigenvalue weighted by Crippen LogP contribution is 2.26. The van der Waals surface area contributed by atoms with E-state index in [-0.39, 0.29) is 6.04 Å². The summed E-state index contributed by atoms with van der Waals surface area (Å²) in [6, 6.07) is 10.1. The number of rotatable bonds is 4. The van der Waals surface area contributed by atoms with Crippen molar-refractivity contribution in [2.45, 2.75) is 25.8 Å². The number of pyridine rings is 1. The molecule has 1 aromatic carbocycles. The zero-order valence-corrected chi connectivity index (χ0v) is 11.2. The molecule has 0 amide bonds. The Hall–Kier alpha value is -1.38. The molecule has 1 aromatic heterocycles. The lowest BCUT2D eigenvalue weighted by molar-refractivity contribution is 0.856. The second kappa shape index (κ2) is 5.98. The van der Waals surface area contributed by atoms with Gasteiger partial charge in [0.05, 0.1) is 11.1 Å². The molecule has 1 heterocycles. The smallest absolute Gasteiger partial charge is 0.0640 e. The van der Waals surface area contributed by atoms with Crippen LogP contribution in [0, 0.1) is 0 Å². The average molecular weight is 261 g/mol. The van der Waals surface area contributed by atoms with Gasteiger partial charge in [-0.15, -0.1) is 0 Å². The van der Waals surface area contributed by atoms with Crippen LogP contribution >= 0.6 is 11.6 Å². The average Bonchev–Trinajstić information content (AvgIpc) is 2.39. The van der Waals surface area contributed by atoms with Gasteiger partial charge in [0, 0.05) is 12.4 Å². The van der Waals surface area contributed by atoms with Gasteiger partial charge in [0.25, 0.3) is 0 Å². The van der Waals surface area contributed by atoms with Crippen LogP contribution in [0.2, 0.25) is 5.02 Å². The molecule has 0 aliphatic rings. The fourth-order valence-corrected chi connectivity index (χ4v) is 2.29. The highest BCUT2D eigenvalue weighted by Gasteiger charge is 2.12. The summed E-state index contributed by atoms with van der Waals surface area (Å²) in [6.45, 7) is 2.17. The molecule has 0 saturated heterocycles. The van der Waals surface area contributed by atoms with Crippen molar-refractivity contribution in [1.29, 1.82) is 0 Å². The summed E-state index contributed by atoms with van der Waals surface area (Å²) < 4.78 is 0. The van der Waals surface area contributed by atoms with Crippen LogP contribution in [0.15, 0.2) is 42.7 Å². The Morgan fingerprint density at radius 2 is 2.17 bits per heavy atom. The monoisotopic (exact) mass is 260 g/mol. The molecule has 0 fully saturated rings. The van der Waals surface area contributed by atoms with Gasteiger partial charge in [0.2, 0.25) is 0 Å². The highest BCUT2D eigenvalue weighted by atomic mass is 35.5. The van der Waals surface area contributed by atoms with E-state index in [4.69, 9.17) is 17.3 Å². The van der Waals surface area contributed by atoms with E-state index < -0.39 is 0 Å². The van der Waals surface area contributed by atoms with Crippen LogP contribution in [0.1, 0.15) is 36.1 Å². The van der Waals surface area contributed by atoms with Crippen molar-refractivity contribution >= 4 is 11.6 Å². The molecule has 2 aromatic rings. The van der Waals surface area contributed by atoms with E-state index in [1.54, 1.807) is 12.4 Å². The van der Waals surface area contributed by atoms with Gasteiger partial charge < -0.3 is 5.73 Å². The molecule has 2 rings (SSSR count). The zero-order chi connectivity index (χ0) is 13.0. The van der Waals surface area contributed by atoms with Crippen molar-refractivity contribution in [3.63, 3.8) is 0 Å². The molecule has 18 heavy (non-hydrogen) atoms. The molecule has 0 radical (unpaired) electrons. The summed E-state index contributed by atoms with van der Waals surface area (Å²) in [5, 5.41) is 0.617. The lowest BCUT2D eigenvalue weighted by Crippen LogP contribution is -2.12. The summed E-state index contributed by atoms with van der Waals surface area (Å²) in [7, 11) is 0. The third-order valence-electron chi connectivity index (χ3n) is 2.99. The summed E-state index contributed by atoms with van der Waals surface area (Å²) in [6.07, 6.45) is 5.56. The standard InChI is InChI=1S/C15H17ClN2/c1-2-4-11-5-3-6-12(9-11)15(17)13-7-8-18-10-14(13)16/h3,5-10,15H,2,4,17H2,1H3. The number of hydrogen-bond acceptors (Lipinski definition) is 2. The number of nitrogens with two attached hydrogens (primary N) is 1. The van der Waals surface area contributed by atoms with Crippen LogP contribution < -0.4 is 5.73 Å². The summed E-state index contributed by atoms with van der Waals surface area (Å²) in [5.74, 6) is 0. The van der Waals surface area contributed by atoms with E-state index in [0.717, 1.165) is 24.0 Å². The first-order chi connectivity index (χ1) is 8.72. The molecular formula is C15H17ClN2. The van der Waals surface area contributed by atoms with Crippen LogP contribution in [-0.2, 0) is 6.42 Å². The van der Waals surface area contributed by atoms with Crippen LogP contribution in [0.25, 0.3) is 0 Å². The molecule has 1 atom stereocenters. The minimum absolute atomic E-state index is 0.197. The van der Waals surface area contributed by atoms with Crippen molar-refractivity contribution in [2.24, 2.45) is 5.73 Å². The minimum Gasteiger partial charge on any atom is -0.320 e. The van der Waals surface area contributed by atoms with Gasteiger partial charge >= 0.3 is 0 Å². The van der Waals surface area contributed by atoms with Crippen molar-refractivity contribution in [3.05, 3.63) is 64.4 Å². The Bertz CT molecular complexity index is 525. The van der Waals surface area contributed by atoms with Crippen LogP contribution in [0.3, 0.4) is 0 Å². The molecule has 2 N–H and O–H groups in total. The summed E-state index contributed by atoms with van der Waals surface area (Å²) in [4.78, 5) is 3.98. The van der Waals surface area contributed by atoms with Gasteiger partial charge in [-0.1, -0.05) is 49.2 Å². The number of aromatic nitrogens is 1. The SMILES string of the molecule is CCCc1cccc(C(N)c2ccncc2Cl)c1. The number of aryl methyl sites for hydroxylation is 1. The first-order valence-corrected chi connectivity index (χ1v) is 6.54. The maximum Gasteiger partial charge on any atom is 0.0640 e. The second-order valence-corrected chi connectivity index (χ2v) is 4.78. The maximum atomic E-state index is 6.27. The Labute approximate surface area is 113 Å². The van der Waals surface area contributed by atoms with Crippen LogP contribution in [0.5, 0.6) is 0 Å². The molecule has 3 heteroatoms. The summed E-state index contributed by atoms with van der Waals surface area (Å²) >= 11 is 6.13. The Morgan fingerprint density at radius 3 is 2.89 bits per heavy atom. The molecule has 0 aliphatic heterocycles. The second-order valence-electron chi connectivity index (χ2n) is 4.37. The van der Waals surface area contributed by atoms with Gasteiger partial charge in [-0.25, -0.2) is 0 Å². The minimum atomic E-state index is -0.197. The quantitative estimate of drug-likeness (QED) is 0.910. The fraction of sp³-hybridized carbons (Fsp3) is 0.267. The fourth-order valence-electron chi connectivity index (χ4n) is 2.05. The van der Waals surface area contributed by atoms with Crippen molar-refractivity contribution in [1.82, 2.24) is 4.98 Å². The maximum absolute atomic E-state index is 6.27. The first-order valence-electron chi connectivity index (χ1n) is 6.16. The summed E-state index contributed by atoms with van der Waals surface area (Å²) in [5.41, 5.74) is 9.59. The molecule has 1 unspecified atom stereocenters. The van der Waals surface area contributed by atoms with Gasteiger partial charge in [0.1, 0.15) is 0 Å². The van der Waals surface area contributed by atoms with Gasteiger partial charge in [-0.05, 0) is 29.2 Å². The van der Waals surface area contributed by atoms with E-state index in [2.05, 4.69) is 30.1 Å². The largest absolute Gasteiger partial charge is 0.320 e.